The van der Waals surface area contributed by atoms with E-state index in [0.29, 0.717) is 37.7 Å². The van der Waals surface area contributed by atoms with Crippen LogP contribution in [-0.4, -0.2) is 24.3 Å². The van der Waals surface area contributed by atoms with Crippen LogP contribution < -0.4 is 24.4 Å². The smallest absolute Gasteiger partial charge is 0.338 e. The number of esters is 1. The first-order valence-electron chi connectivity index (χ1n) is 13.0. The third kappa shape index (κ3) is 5.69. The van der Waals surface area contributed by atoms with E-state index < -0.39 is 12.0 Å². The van der Waals surface area contributed by atoms with Gasteiger partial charge in [-0.25, -0.2) is 9.79 Å². The summed E-state index contributed by atoms with van der Waals surface area (Å²) in [6.45, 7) is 3.98. The lowest BCUT2D eigenvalue weighted by molar-refractivity contribution is -0.139. The van der Waals surface area contributed by atoms with Crippen molar-refractivity contribution in [2.24, 2.45) is 4.99 Å². The standard InChI is InChI=1S/C32H27N3O5S/c1-4-39-31(37)28-20(2)34-32-35(29(28)22-11-15-25(38-3)16-12-22)30(36)27(41-32)17-21-9-13-26(14-10-21)40-19-24-8-6-5-7-23(24)18-33/h5-17,29H,4,19H2,1-3H3/b27-17+/t29-/m1/s1. The highest BCUT2D eigenvalue weighted by molar-refractivity contribution is 7.07. The largest absolute Gasteiger partial charge is 0.497 e. The van der Waals surface area contributed by atoms with Gasteiger partial charge in [-0.2, -0.15) is 5.26 Å². The van der Waals surface area contributed by atoms with Gasteiger partial charge in [-0.15, -0.1) is 0 Å². The van der Waals surface area contributed by atoms with Crippen LogP contribution in [0.3, 0.4) is 0 Å². The normalized spacial score (nSPS) is 14.6. The van der Waals surface area contributed by atoms with Crippen molar-refractivity contribution in [2.45, 2.75) is 26.5 Å². The number of hydrogen-bond donors (Lipinski definition) is 0. The van der Waals surface area contributed by atoms with Crippen molar-refractivity contribution in [1.82, 2.24) is 4.57 Å². The third-order valence-corrected chi connectivity index (χ3v) is 7.64. The number of carbonyl (C=O) groups excluding carboxylic acids is 1. The Bertz CT molecular complexity index is 1850. The monoisotopic (exact) mass is 565 g/mol. The van der Waals surface area contributed by atoms with Gasteiger partial charge in [-0.1, -0.05) is 53.8 Å². The average molecular weight is 566 g/mol. The Balaban J connectivity index is 1.49. The van der Waals surface area contributed by atoms with Crippen molar-refractivity contribution in [1.29, 1.82) is 5.26 Å². The van der Waals surface area contributed by atoms with Crippen LogP contribution in [0.25, 0.3) is 6.08 Å². The number of methoxy groups -OCH3 is 1. The molecule has 9 heteroatoms. The summed E-state index contributed by atoms with van der Waals surface area (Å²) in [6.07, 6.45) is 1.80. The topological polar surface area (TPSA) is 103 Å². The highest BCUT2D eigenvalue weighted by Crippen LogP contribution is 2.31. The number of aromatic nitrogens is 1. The number of allylic oxidation sites excluding steroid dienone is 1. The minimum atomic E-state index is -0.689. The molecule has 0 N–H and O–H groups in total. The van der Waals surface area contributed by atoms with Gasteiger partial charge in [-0.05, 0) is 61.4 Å². The molecule has 8 nitrogen and oxygen atoms in total. The fourth-order valence-corrected chi connectivity index (χ4v) is 5.67. The minimum absolute atomic E-state index is 0.208. The molecular formula is C32H27N3O5S. The first kappa shape index (κ1) is 27.6. The number of hydrogen-bond acceptors (Lipinski definition) is 8. The van der Waals surface area contributed by atoms with E-state index in [4.69, 9.17) is 14.2 Å². The Hall–Kier alpha value is -4.94. The molecule has 1 aliphatic heterocycles. The molecule has 1 aliphatic rings. The molecule has 3 aromatic carbocycles. The highest BCUT2D eigenvalue weighted by Gasteiger charge is 2.33. The van der Waals surface area contributed by atoms with Crippen LogP contribution in [-0.2, 0) is 16.1 Å². The van der Waals surface area contributed by atoms with E-state index in [1.54, 1.807) is 49.8 Å². The molecule has 0 saturated heterocycles. The zero-order chi connectivity index (χ0) is 28.9. The molecule has 0 bridgehead atoms. The fraction of sp³-hybridized carbons (Fsp3) is 0.188. The van der Waals surface area contributed by atoms with E-state index in [9.17, 15) is 14.9 Å². The van der Waals surface area contributed by atoms with Gasteiger partial charge in [0.25, 0.3) is 5.56 Å². The van der Waals surface area contributed by atoms with Gasteiger partial charge < -0.3 is 14.2 Å². The second kappa shape index (κ2) is 12.1. The minimum Gasteiger partial charge on any atom is -0.497 e. The molecule has 2 heterocycles. The molecule has 4 aromatic rings. The van der Waals surface area contributed by atoms with Crippen LogP contribution in [0, 0.1) is 11.3 Å². The lowest BCUT2D eigenvalue weighted by Crippen LogP contribution is -2.39. The van der Waals surface area contributed by atoms with Crippen LogP contribution in [0.2, 0.25) is 0 Å². The van der Waals surface area contributed by atoms with Crippen molar-refractivity contribution >= 4 is 23.4 Å². The number of thiazole rings is 1. The predicted molar refractivity (Wildman–Crippen MR) is 155 cm³/mol. The second-order valence-electron chi connectivity index (χ2n) is 9.20. The summed E-state index contributed by atoms with van der Waals surface area (Å²) in [5.74, 6) is 0.809. The Kier molecular flexibility index (Phi) is 8.13. The van der Waals surface area contributed by atoms with E-state index in [0.717, 1.165) is 16.7 Å². The zero-order valence-electron chi connectivity index (χ0n) is 22.8. The Morgan fingerprint density at radius 2 is 1.78 bits per heavy atom. The van der Waals surface area contributed by atoms with Gasteiger partial charge in [-0.3, -0.25) is 9.36 Å². The van der Waals surface area contributed by atoms with Gasteiger partial charge in [0.05, 0.1) is 47.2 Å². The number of ether oxygens (including phenoxy) is 3. The quantitative estimate of drug-likeness (QED) is 0.296. The molecule has 0 fully saturated rings. The molecule has 0 unspecified atom stereocenters. The van der Waals surface area contributed by atoms with Crippen LogP contribution in [0.1, 0.15) is 42.1 Å². The molecule has 1 aromatic heterocycles. The van der Waals surface area contributed by atoms with Crippen molar-refractivity contribution in [2.75, 3.05) is 13.7 Å². The molecule has 0 aliphatic carbocycles. The van der Waals surface area contributed by atoms with Gasteiger partial charge in [0, 0.05) is 5.56 Å². The van der Waals surface area contributed by atoms with Crippen LogP contribution in [0.4, 0.5) is 0 Å². The van der Waals surface area contributed by atoms with Crippen molar-refractivity contribution in [3.05, 3.63) is 126 Å². The first-order valence-corrected chi connectivity index (χ1v) is 13.8. The Morgan fingerprint density at radius 3 is 2.46 bits per heavy atom. The number of carbonyl (C=O) groups is 1. The molecule has 41 heavy (non-hydrogen) atoms. The maximum absolute atomic E-state index is 13.8. The van der Waals surface area contributed by atoms with Gasteiger partial charge >= 0.3 is 5.97 Å². The lowest BCUT2D eigenvalue weighted by atomic mass is 9.96. The Labute approximate surface area is 240 Å². The number of nitrogens with zero attached hydrogens (tertiary/aromatic N) is 3. The fourth-order valence-electron chi connectivity index (χ4n) is 4.62. The van der Waals surface area contributed by atoms with Crippen molar-refractivity contribution in [3.8, 4) is 17.6 Å². The predicted octanol–water partition coefficient (Wildman–Crippen LogP) is 4.26. The van der Waals surface area contributed by atoms with E-state index in [2.05, 4.69) is 11.1 Å². The number of fused-ring (bicyclic) bond motifs is 1. The molecule has 0 radical (unpaired) electrons. The Morgan fingerprint density at radius 1 is 1.07 bits per heavy atom. The number of rotatable bonds is 8. The molecule has 1 atom stereocenters. The molecular weight excluding hydrogens is 538 g/mol. The first-order chi connectivity index (χ1) is 19.9. The SMILES string of the molecule is CCOC(=O)C1=C(C)N=c2s/c(=C/c3ccc(OCc4ccccc4C#N)cc3)c(=O)n2[C@@H]1c1ccc(OC)cc1. The summed E-state index contributed by atoms with van der Waals surface area (Å²) in [5, 5.41) is 9.28. The summed E-state index contributed by atoms with van der Waals surface area (Å²) < 4.78 is 18.6. The molecule has 0 saturated carbocycles. The van der Waals surface area contributed by atoms with Gasteiger partial charge in [0.2, 0.25) is 0 Å². The molecule has 206 valence electrons. The maximum Gasteiger partial charge on any atom is 0.338 e. The molecule has 0 amide bonds. The van der Waals surface area contributed by atoms with E-state index in [1.807, 2.05) is 54.6 Å². The molecule has 0 spiro atoms. The number of nitriles is 1. The second-order valence-corrected chi connectivity index (χ2v) is 10.2. The maximum atomic E-state index is 13.8. The zero-order valence-corrected chi connectivity index (χ0v) is 23.6. The molecule has 5 rings (SSSR count). The average Bonchev–Trinajstić information content (AvgIpc) is 3.30. The van der Waals surface area contributed by atoms with Crippen molar-refractivity contribution < 1.29 is 19.0 Å². The summed E-state index contributed by atoms with van der Waals surface area (Å²) in [5.41, 5.74) is 3.53. The van der Waals surface area contributed by atoms with Crippen LogP contribution >= 0.6 is 11.3 Å². The third-order valence-electron chi connectivity index (χ3n) is 6.66. The van der Waals surface area contributed by atoms with E-state index in [-0.39, 0.29) is 18.8 Å². The summed E-state index contributed by atoms with van der Waals surface area (Å²) in [7, 11) is 1.58. The van der Waals surface area contributed by atoms with Gasteiger partial charge in [0.15, 0.2) is 4.80 Å². The van der Waals surface area contributed by atoms with Crippen molar-refractivity contribution in [3.63, 3.8) is 0 Å². The summed E-state index contributed by atoms with van der Waals surface area (Å²) >= 11 is 1.26. The highest BCUT2D eigenvalue weighted by atomic mass is 32.1. The van der Waals surface area contributed by atoms with E-state index in [1.165, 1.54) is 11.3 Å². The number of benzene rings is 3. The van der Waals surface area contributed by atoms with E-state index >= 15 is 0 Å². The van der Waals surface area contributed by atoms with Crippen LogP contribution in [0.15, 0.2) is 93.9 Å². The van der Waals surface area contributed by atoms with Crippen LogP contribution in [0.5, 0.6) is 11.5 Å². The van der Waals surface area contributed by atoms with Gasteiger partial charge in [0.1, 0.15) is 18.1 Å². The summed E-state index contributed by atoms with van der Waals surface area (Å²) in [6, 6.07) is 23.4. The summed E-state index contributed by atoms with van der Waals surface area (Å²) in [4.78, 5) is 31.9. The lowest BCUT2D eigenvalue weighted by Gasteiger charge is -2.24.